The molecule has 2 aromatic rings. The van der Waals surface area contributed by atoms with Crippen molar-refractivity contribution in [3.8, 4) is 0 Å². The van der Waals surface area contributed by atoms with Crippen LogP contribution in [-0.4, -0.2) is 10.7 Å². The van der Waals surface area contributed by atoms with Crippen LogP contribution in [0.2, 0.25) is 0 Å². The average Bonchev–Trinajstić information content (AvgIpc) is 3.05. The molecule has 2 aliphatic rings. The summed E-state index contributed by atoms with van der Waals surface area (Å²) in [6, 6.07) is 11.0. The van der Waals surface area contributed by atoms with E-state index in [-0.39, 0.29) is 0 Å². The first-order valence-electron chi connectivity index (χ1n) is 8.06. The third-order valence-electron chi connectivity index (χ3n) is 5.72. The minimum absolute atomic E-state index is 0.449. The van der Waals surface area contributed by atoms with E-state index in [1.807, 2.05) is 0 Å². The molecule has 2 atom stereocenters. The quantitative estimate of drug-likeness (QED) is 0.898. The van der Waals surface area contributed by atoms with Gasteiger partial charge in [-0.2, -0.15) is 11.3 Å². The van der Waals surface area contributed by atoms with Crippen LogP contribution in [0.25, 0.3) is 0 Å². The van der Waals surface area contributed by atoms with Crippen LogP contribution in [0.15, 0.2) is 41.1 Å². The molecule has 1 aromatic carbocycles. The van der Waals surface area contributed by atoms with Gasteiger partial charge in [-0.15, -0.1) is 0 Å². The minimum atomic E-state index is -0.457. The third kappa shape index (κ3) is 2.35. The lowest BCUT2D eigenvalue weighted by atomic mass is 9.78. The second kappa shape index (κ2) is 5.26. The maximum atomic E-state index is 11.4. The molecule has 0 spiro atoms. The molecule has 1 fully saturated rings. The summed E-state index contributed by atoms with van der Waals surface area (Å²) >= 11 is 1.75. The first-order chi connectivity index (χ1) is 10.3. The van der Waals surface area contributed by atoms with E-state index in [4.69, 9.17) is 0 Å². The minimum Gasteiger partial charge on any atom is -0.389 e. The van der Waals surface area contributed by atoms with Crippen molar-refractivity contribution in [3.05, 3.63) is 57.8 Å². The van der Waals surface area contributed by atoms with E-state index in [9.17, 15) is 5.11 Å². The zero-order valence-electron chi connectivity index (χ0n) is 12.3. The first-order valence-corrected chi connectivity index (χ1v) is 9.00. The Hall–Kier alpha value is -1.12. The van der Waals surface area contributed by atoms with Crippen molar-refractivity contribution in [2.24, 2.45) is 11.8 Å². The second-order valence-corrected chi connectivity index (χ2v) is 7.55. The van der Waals surface area contributed by atoms with E-state index in [0.717, 1.165) is 25.7 Å². The molecule has 0 amide bonds. The summed E-state index contributed by atoms with van der Waals surface area (Å²) in [5.74, 6) is 0.898. The lowest BCUT2D eigenvalue weighted by Crippen LogP contribution is -2.40. The number of thiophene rings is 1. The summed E-state index contributed by atoms with van der Waals surface area (Å²) in [4.78, 5) is 0. The maximum Gasteiger partial charge on any atom is 0.0713 e. The predicted octanol–water partition coefficient (Wildman–Crippen LogP) is 4.24. The van der Waals surface area contributed by atoms with Crippen molar-refractivity contribution in [2.45, 2.75) is 44.1 Å². The molecule has 0 aliphatic heterocycles. The lowest BCUT2D eigenvalue weighted by Gasteiger charge is -2.34. The van der Waals surface area contributed by atoms with Crippen LogP contribution in [-0.2, 0) is 19.3 Å². The van der Waals surface area contributed by atoms with Crippen LogP contribution in [0.1, 0.15) is 36.0 Å². The summed E-state index contributed by atoms with van der Waals surface area (Å²) in [7, 11) is 0. The number of hydrogen-bond acceptors (Lipinski definition) is 2. The van der Waals surface area contributed by atoms with Gasteiger partial charge in [0.25, 0.3) is 0 Å². The topological polar surface area (TPSA) is 20.2 Å². The van der Waals surface area contributed by atoms with Crippen LogP contribution in [0.4, 0.5) is 0 Å². The molecule has 1 nitrogen and oxygen atoms in total. The Kier molecular flexibility index (Phi) is 3.39. The number of rotatable bonds is 3. The van der Waals surface area contributed by atoms with E-state index < -0.39 is 5.60 Å². The molecule has 1 aromatic heterocycles. The van der Waals surface area contributed by atoms with E-state index in [2.05, 4.69) is 41.1 Å². The summed E-state index contributed by atoms with van der Waals surface area (Å²) in [5, 5.41) is 15.8. The highest BCUT2D eigenvalue weighted by atomic mass is 32.1. The summed E-state index contributed by atoms with van der Waals surface area (Å²) in [5.41, 5.74) is 3.87. The highest BCUT2D eigenvalue weighted by Crippen LogP contribution is 2.49. The normalized spacial score (nSPS) is 30.9. The van der Waals surface area contributed by atoms with Gasteiger partial charge in [0.05, 0.1) is 5.60 Å². The number of fused-ring (bicyclic) bond motifs is 3. The van der Waals surface area contributed by atoms with Crippen molar-refractivity contribution in [3.63, 3.8) is 0 Å². The van der Waals surface area contributed by atoms with Crippen LogP contribution in [0.5, 0.6) is 0 Å². The highest BCUT2D eigenvalue weighted by Gasteiger charge is 2.49. The maximum absolute atomic E-state index is 11.4. The Bertz CT molecular complexity index is 583. The standard InChI is InChI=1S/C19H22OS/c20-19(9-7-14-8-10-21-13-14)17-5-6-18(19)12-16-4-2-1-3-15(16)11-17/h1-4,8,10,13,17-18,20H,5-7,9,11-12H2. The Morgan fingerprint density at radius 1 is 1.05 bits per heavy atom. The average molecular weight is 298 g/mol. The van der Waals surface area contributed by atoms with Gasteiger partial charge in [-0.25, -0.2) is 0 Å². The van der Waals surface area contributed by atoms with Gasteiger partial charge in [-0.1, -0.05) is 24.3 Å². The molecule has 2 aliphatic carbocycles. The lowest BCUT2D eigenvalue weighted by molar-refractivity contribution is -0.0404. The van der Waals surface area contributed by atoms with Gasteiger partial charge < -0.3 is 5.11 Å². The molecule has 2 heteroatoms. The van der Waals surface area contributed by atoms with Crippen molar-refractivity contribution in [1.29, 1.82) is 0 Å². The number of benzene rings is 1. The Morgan fingerprint density at radius 2 is 1.71 bits per heavy atom. The fraction of sp³-hybridized carbons (Fsp3) is 0.474. The van der Waals surface area contributed by atoms with Gasteiger partial charge in [0, 0.05) is 0 Å². The smallest absolute Gasteiger partial charge is 0.0713 e. The van der Waals surface area contributed by atoms with Crippen molar-refractivity contribution < 1.29 is 5.11 Å². The monoisotopic (exact) mass is 298 g/mol. The van der Waals surface area contributed by atoms with Gasteiger partial charge in [-0.05, 0) is 83.9 Å². The molecular formula is C19H22OS. The van der Waals surface area contributed by atoms with Gasteiger partial charge in [0.15, 0.2) is 0 Å². The Labute approximate surface area is 130 Å². The Balaban J connectivity index is 1.59. The van der Waals surface area contributed by atoms with Gasteiger partial charge in [0.1, 0.15) is 0 Å². The van der Waals surface area contributed by atoms with Gasteiger partial charge in [-0.3, -0.25) is 0 Å². The second-order valence-electron chi connectivity index (χ2n) is 6.77. The molecule has 1 heterocycles. The van der Waals surface area contributed by atoms with E-state index >= 15 is 0 Å². The largest absolute Gasteiger partial charge is 0.389 e. The van der Waals surface area contributed by atoms with E-state index in [1.165, 1.54) is 29.5 Å². The zero-order chi connectivity index (χ0) is 14.3. The van der Waals surface area contributed by atoms with E-state index in [0.29, 0.717) is 11.8 Å². The van der Waals surface area contributed by atoms with Gasteiger partial charge >= 0.3 is 0 Å². The number of aryl methyl sites for hydroxylation is 1. The number of hydrogen-bond donors (Lipinski definition) is 1. The molecule has 4 rings (SSSR count). The van der Waals surface area contributed by atoms with Crippen LogP contribution < -0.4 is 0 Å². The highest BCUT2D eigenvalue weighted by molar-refractivity contribution is 7.07. The molecule has 1 N–H and O–H groups in total. The van der Waals surface area contributed by atoms with Crippen molar-refractivity contribution >= 4 is 11.3 Å². The number of aliphatic hydroxyl groups is 1. The van der Waals surface area contributed by atoms with Crippen molar-refractivity contribution in [1.82, 2.24) is 0 Å². The van der Waals surface area contributed by atoms with Gasteiger partial charge in [0.2, 0.25) is 0 Å². The van der Waals surface area contributed by atoms with E-state index in [1.54, 1.807) is 11.3 Å². The molecular weight excluding hydrogens is 276 g/mol. The van der Waals surface area contributed by atoms with Crippen LogP contribution in [0, 0.1) is 11.8 Å². The molecule has 110 valence electrons. The fourth-order valence-electron chi connectivity index (χ4n) is 4.47. The van der Waals surface area contributed by atoms with Crippen LogP contribution >= 0.6 is 11.3 Å². The molecule has 21 heavy (non-hydrogen) atoms. The van der Waals surface area contributed by atoms with Crippen LogP contribution in [0.3, 0.4) is 0 Å². The predicted molar refractivity (Wildman–Crippen MR) is 87.7 cm³/mol. The molecule has 0 saturated heterocycles. The zero-order valence-corrected chi connectivity index (χ0v) is 13.1. The Morgan fingerprint density at radius 3 is 2.29 bits per heavy atom. The molecule has 2 bridgehead atoms. The molecule has 0 radical (unpaired) electrons. The first kappa shape index (κ1) is 13.5. The summed E-state index contributed by atoms with van der Waals surface area (Å²) in [6.07, 6.45) is 6.45. The third-order valence-corrected chi connectivity index (χ3v) is 6.45. The summed E-state index contributed by atoms with van der Waals surface area (Å²) < 4.78 is 0. The molecule has 1 saturated carbocycles. The SMILES string of the molecule is OC1(CCc2ccsc2)C2CCC1Cc1ccccc1C2. The summed E-state index contributed by atoms with van der Waals surface area (Å²) in [6.45, 7) is 0. The fourth-order valence-corrected chi connectivity index (χ4v) is 5.17. The van der Waals surface area contributed by atoms with Crippen molar-refractivity contribution in [2.75, 3.05) is 0 Å². The molecule has 2 unspecified atom stereocenters.